The van der Waals surface area contributed by atoms with Gasteiger partial charge >= 0.3 is 0 Å². The van der Waals surface area contributed by atoms with E-state index in [0.717, 1.165) is 37.4 Å². The first-order chi connectivity index (χ1) is 10.6. The predicted molar refractivity (Wildman–Crippen MR) is 88.3 cm³/mol. The van der Waals surface area contributed by atoms with E-state index in [0.29, 0.717) is 5.92 Å². The van der Waals surface area contributed by atoms with E-state index in [1.807, 2.05) is 12.3 Å². The number of thiophene rings is 1. The molecule has 1 aliphatic heterocycles. The largest absolute Gasteiger partial charge is 0.299 e. The molecule has 0 atom stereocenters. The van der Waals surface area contributed by atoms with Crippen molar-refractivity contribution in [2.75, 3.05) is 13.1 Å². The van der Waals surface area contributed by atoms with Crippen molar-refractivity contribution in [2.45, 2.75) is 39.2 Å². The number of likely N-dealkylation sites (tertiary alicyclic amines) is 1. The second-order valence-electron chi connectivity index (χ2n) is 6.02. The van der Waals surface area contributed by atoms with Crippen LogP contribution in [0.3, 0.4) is 0 Å². The first-order valence-corrected chi connectivity index (χ1v) is 8.58. The summed E-state index contributed by atoms with van der Waals surface area (Å²) in [4.78, 5) is 23.2. The summed E-state index contributed by atoms with van der Waals surface area (Å²) in [5.41, 5.74) is 3.67. The fourth-order valence-corrected chi connectivity index (χ4v) is 3.91. The molecule has 5 heteroatoms. The first-order valence-electron chi connectivity index (χ1n) is 7.70. The Morgan fingerprint density at radius 3 is 2.82 bits per heavy atom. The smallest absolute Gasteiger partial charge is 0.169 e. The molecule has 0 spiro atoms. The van der Waals surface area contributed by atoms with Gasteiger partial charge in [-0.2, -0.15) is 0 Å². The zero-order valence-electron chi connectivity index (χ0n) is 13.1. The molecule has 0 N–H and O–H groups in total. The average Bonchev–Trinajstić information content (AvgIpc) is 2.98. The predicted octanol–water partition coefficient (Wildman–Crippen LogP) is 3.43. The SMILES string of the molecule is CC(=O)c1cc(CN2CCC(c3ncncc3C)CC2)cs1. The third kappa shape index (κ3) is 3.42. The lowest BCUT2D eigenvalue weighted by Crippen LogP contribution is -2.32. The summed E-state index contributed by atoms with van der Waals surface area (Å²) in [6.07, 6.45) is 5.84. The van der Waals surface area contributed by atoms with Crippen molar-refractivity contribution in [2.24, 2.45) is 0 Å². The molecule has 2 aromatic rings. The van der Waals surface area contributed by atoms with Crippen LogP contribution < -0.4 is 0 Å². The molecule has 3 rings (SSSR count). The fraction of sp³-hybridized carbons (Fsp3) is 0.471. The highest BCUT2D eigenvalue weighted by Gasteiger charge is 2.23. The molecular formula is C17H21N3OS. The number of ketones is 1. The molecular weight excluding hydrogens is 294 g/mol. The summed E-state index contributed by atoms with van der Waals surface area (Å²) >= 11 is 1.55. The van der Waals surface area contributed by atoms with Gasteiger partial charge in [-0.25, -0.2) is 9.97 Å². The van der Waals surface area contributed by atoms with Gasteiger partial charge in [0.25, 0.3) is 0 Å². The van der Waals surface area contributed by atoms with Crippen LogP contribution in [0.25, 0.3) is 0 Å². The molecule has 116 valence electrons. The maximum absolute atomic E-state index is 11.4. The first kappa shape index (κ1) is 15.3. The summed E-state index contributed by atoms with van der Waals surface area (Å²) in [6.45, 7) is 6.83. The molecule has 0 amide bonds. The zero-order chi connectivity index (χ0) is 15.5. The minimum atomic E-state index is 0.161. The highest BCUT2D eigenvalue weighted by atomic mass is 32.1. The third-order valence-electron chi connectivity index (χ3n) is 4.32. The number of nitrogens with zero attached hydrogens (tertiary/aromatic N) is 3. The molecule has 22 heavy (non-hydrogen) atoms. The standard InChI is InChI=1S/C17H21N3OS/c1-12-8-18-11-19-17(12)15-3-5-20(6-4-15)9-14-7-16(13(2)21)22-10-14/h7-8,10-11,15H,3-6,9H2,1-2H3. The number of carbonyl (C=O) groups is 1. The second-order valence-corrected chi connectivity index (χ2v) is 6.93. The number of Topliss-reactive ketones (excluding diaryl/α,β-unsaturated/α-hetero) is 1. The molecule has 1 saturated heterocycles. The maximum atomic E-state index is 11.4. The Hall–Kier alpha value is -1.59. The topological polar surface area (TPSA) is 46.1 Å². The lowest BCUT2D eigenvalue weighted by atomic mass is 9.91. The lowest BCUT2D eigenvalue weighted by Gasteiger charge is -2.31. The monoisotopic (exact) mass is 315 g/mol. The van der Waals surface area contributed by atoms with E-state index < -0.39 is 0 Å². The highest BCUT2D eigenvalue weighted by Crippen LogP contribution is 2.29. The molecule has 1 aliphatic rings. The molecule has 4 nitrogen and oxygen atoms in total. The van der Waals surface area contributed by atoms with Crippen LogP contribution in [0, 0.1) is 6.92 Å². The molecule has 3 heterocycles. The van der Waals surface area contributed by atoms with Gasteiger partial charge < -0.3 is 0 Å². The van der Waals surface area contributed by atoms with Gasteiger partial charge in [-0.15, -0.1) is 11.3 Å². The van der Waals surface area contributed by atoms with Gasteiger partial charge in [-0.3, -0.25) is 9.69 Å². The van der Waals surface area contributed by atoms with Crippen molar-refractivity contribution in [3.8, 4) is 0 Å². The van der Waals surface area contributed by atoms with Crippen LogP contribution in [0.15, 0.2) is 24.0 Å². The molecule has 0 aromatic carbocycles. The second kappa shape index (κ2) is 6.67. The van der Waals surface area contributed by atoms with Crippen LogP contribution in [0.4, 0.5) is 0 Å². The molecule has 0 unspecified atom stereocenters. The van der Waals surface area contributed by atoms with E-state index in [-0.39, 0.29) is 5.78 Å². The summed E-state index contributed by atoms with van der Waals surface area (Å²) in [6, 6.07) is 2.04. The van der Waals surface area contributed by atoms with Crippen molar-refractivity contribution in [1.29, 1.82) is 0 Å². The van der Waals surface area contributed by atoms with E-state index in [9.17, 15) is 4.79 Å². The van der Waals surface area contributed by atoms with Gasteiger partial charge in [0.2, 0.25) is 0 Å². The molecule has 1 fully saturated rings. The third-order valence-corrected chi connectivity index (χ3v) is 5.40. The molecule has 0 saturated carbocycles. The van der Waals surface area contributed by atoms with Crippen molar-refractivity contribution >= 4 is 17.1 Å². The summed E-state index contributed by atoms with van der Waals surface area (Å²) in [5, 5.41) is 2.11. The number of aryl methyl sites for hydroxylation is 1. The van der Waals surface area contributed by atoms with Gasteiger partial charge in [-0.05, 0) is 62.4 Å². The Morgan fingerprint density at radius 1 is 1.41 bits per heavy atom. The highest BCUT2D eigenvalue weighted by molar-refractivity contribution is 7.12. The van der Waals surface area contributed by atoms with E-state index >= 15 is 0 Å². The summed E-state index contributed by atoms with van der Waals surface area (Å²) < 4.78 is 0. The Morgan fingerprint density at radius 2 is 2.18 bits per heavy atom. The van der Waals surface area contributed by atoms with E-state index in [1.54, 1.807) is 24.6 Å². The Bertz CT molecular complexity index is 659. The van der Waals surface area contributed by atoms with Crippen LogP contribution in [-0.4, -0.2) is 33.7 Å². The van der Waals surface area contributed by atoms with Crippen LogP contribution >= 0.6 is 11.3 Å². The van der Waals surface area contributed by atoms with E-state index in [1.165, 1.54) is 16.8 Å². The Labute approximate surface area is 135 Å². The minimum absolute atomic E-state index is 0.161. The number of hydrogen-bond donors (Lipinski definition) is 0. The van der Waals surface area contributed by atoms with Gasteiger partial charge in [0.1, 0.15) is 6.33 Å². The zero-order valence-corrected chi connectivity index (χ0v) is 13.9. The van der Waals surface area contributed by atoms with Gasteiger partial charge in [0.15, 0.2) is 5.78 Å². The fourth-order valence-electron chi connectivity index (χ4n) is 3.10. The van der Waals surface area contributed by atoms with Crippen LogP contribution in [0.2, 0.25) is 0 Å². The molecule has 0 aliphatic carbocycles. The Kier molecular flexibility index (Phi) is 4.64. The van der Waals surface area contributed by atoms with Crippen molar-refractivity contribution < 1.29 is 4.79 Å². The van der Waals surface area contributed by atoms with Crippen LogP contribution in [0.1, 0.15) is 52.2 Å². The van der Waals surface area contributed by atoms with Crippen LogP contribution in [-0.2, 0) is 6.54 Å². The van der Waals surface area contributed by atoms with Crippen LogP contribution in [0.5, 0.6) is 0 Å². The molecule has 0 bridgehead atoms. The van der Waals surface area contributed by atoms with E-state index in [4.69, 9.17) is 0 Å². The number of rotatable bonds is 4. The number of hydrogen-bond acceptors (Lipinski definition) is 5. The normalized spacial score (nSPS) is 16.8. The number of piperidine rings is 1. The lowest BCUT2D eigenvalue weighted by molar-refractivity contribution is 0.102. The quantitative estimate of drug-likeness (QED) is 0.811. The van der Waals surface area contributed by atoms with Gasteiger partial charge in [0.05, 0.1) is 4.88 Å². The molecule has 2 aromatic heterocycles. The van der Waals surface area contributed by atoms with Crippen molar-refractivity contribution in [3.05, 3.63) is 45.7 Å². The van der Waals surface area contributed by atoms with Gasteiger partial charge in [-0.1, -0.05) is 0 Å². The van der Waals surface area contributed by atoms with Gasteiger partial charge in [0, 0.05) is 24.4 Å². The minimum Gasteiger partial charge on any atom is -0.299 e. The number of carbonyl (C=O) groups excluding carboxylic acids is 1. The number of aromatic nitrogens is 2. The maximum Gasteiger partial charge on any atom is 0.169 e. The van der Waals surface area contributed by atoms with Crippen molar-refractivity contribution in [1.82, 2.24) is 14.9 Å². The summed E-state index contributed by atoms with van der Waals surface area (Å²) in [7, 11) is 0. The summed E-state index contributed by atoms with van der Waals surface area (Å²) in [5.74, 6) is 0.712. The van der Waals surface area contributed by atoms with E-state index in [2.05, 4.69) is 27.2 Å². The molecule has 0 radical (unpaired) electrons. The van der Waals surface area contributed by atoms with Crippen molar-refractivity contribution in [3.63, 3.8) is 0 Å². The average molecular weight is 315 g/mol. The Balaban J connectivity index is 1.57.